The molecule has 3 heteroatoms. The van der Waals surface area contributed by atoms with Gasteiger partial charge in [0.05, 0.1) is 18.4 Å². The molecule has 0 aromatic rings. The molecule has 0 aromatic heterocycles. The van der Waals surface area contributed by atoms with Gasteiger partial charge in [0.15, 0.2) is 0 Å². The Morgan fingerprint density at radius 2 is 1.91 bits per heavy atom. The number of ether oxygens (including phenoxy) is 1. The summed E-state index contributed by atoms with van der Waals surface area (Å²) in [6, 6.07) is 0. The highest BCUT2D eigenvalue weighted by molar-refractivity contribution is 5.78. The Morgan fingerprint density at radius 1 is 1.27 bits per heavy atom. The van der Waals surface area contributed by atoms with Crippen molar-refractivity contribution in [3.05, 3.63) is 0 Å². The van der Waals surface area contributed by atoms with Gasteiger partial charge in [-0.25, -0.2) is 0 Å². The molecule has 0 rings (SSSR count). The number of hydrogen-bond donors (Lipinski definition) is 0. The van der Waals surface area contributed by atoms with Crippen molar-refractivity contribution in [3.63, 3.8) is 0 Å². The fraction of sp³-hybridized carbons (Fsp3) is 0.875. The first-order valence-electron chi connectivity index (χ1n) is 3.87. The van der Waals surface area contributed by atoms with Gasteiger partial charge in [0, 0.05) is 0 Å². The van der Waals surface area contributed by atoms with E-state index < -0.39 is 0 Å². The van der Waals surface area contributed by atoms with E-state index in [1.54, 1.807) is 0 Å². The Labute approximate surface area is 68.4 Å². The monoisotopic (exact) mass is 159 g/mol. The summed E-state index contributed by atoms with van der Waals surface area (Å²) in [4.78, 5) is 4.91. The average Bonchev–Trinajstić information content (AvgIpc) is 1.85. The van der Waals surface area contributed by atoms with Crippen LogP contribution in [0.1, 0.15) is 27.7 Å². The van der Waals surface area contributed by atoms with Crippen LogP contribution in [0.2, 0.25) is 0 Å². The highest BCUT2D eigenvalue weighted by Crippen LogP contribution is 1.87. The molecule has 0 N–H and O–H groups in total. The molecule has 0 fully saturated rings. The smallest absolute Gasteiger partial charge is 0.140 e. The lowest BCUT2D eigenvalue weighted by Gasteiger charge is -2.05. The molecule has 0 unspecified atom stereocenters. The summed E-state index contributed by atoms with van der Waals surface area (Å²) < 4.78 is 5.23. The molecule has 0 saturated heterocycles. The third-order valence-electron chi connectivity index (χ3n) is 0.873. The van der Waals surface area contributed by atoms with Crippen molar-refractivity contribution in [2.75, 3.05) is 13.2 Å². The van der Waals surface area contributed by atoms with Gasteiger partial charge in [-0.2, -0.15) is 0 Å². The van der Waals surface area contributed by atoms with Crippen LogP contribution in [-0.2, 0) is 9.57 Å². The zero-order valence-electron chi connectivity index (χ0n) is 7.76. The molecule has 0 saturated carbocycles. The Balaban J connectivity index is 3.09. The largest absolute Gasteiger partial charge is 0.393 e. The molecule has 3 nitrogen and oxygen atoms in total. The minimum absolute atomic E-state index is 0.269. The summed E-state index contributed by atoms with van der Waals surface area (Å²) in [6.45, 7) is 8.91. The molecule has 0 aliphatic rings. The Morgan fingerprint density at radius 3 is 2.36 bits per heavy atom. The molecule has 66 valence electrons. The van der Waals surface area contributed by atoms with Crippen LogP contribution in [0.15, 0.2) is 5.16 Å². The van der Waals surface area contributed by atoms with Crippen LogP contribution in [0.5, 0.6) is 0 Å². The van der Waals surface area contributed by atoms with Crippen LogP contribution in [0.3, 0.4) is 0 Å². The summed E-state index contributed by atoms with van der Waals surface area (Å²) in [7, 11) is 0. The van der Waals surface area contributed by atoms with E-state index in [1.165, 1.54) is 0 Å². The van der Waals surface area contributed by atoms with E-state index in [1.807, 2.05) is 27.7 Å². The molecular formula is C8H17NO2. The second kappa shape index (κ2) is 6.16. The average molecular weight is 159 g/mol. The number of nitrogens with zero attached hydrogens (tertiary/aromatic N) is 1. The van der Waals surface area contributed by atoms with Crippen molar-refractivity contribution in [2.45, 2.75) is 33.8 Å². The molecule has 0 aliphatic carbocycles. The van der Waals surface area contributed by atoms with Gasteiger partial charge >= 0.3 is 0 Å². The maximum absolute atomic E-state index is 5.23. The summed E-state index contributed by atoms with van der Waals surface area (Å²) in [5, 5.41) is 3.76. The van der Waals surface area contributed by atoms with Crippen molar-refractivity contribution in [3.8, 4) is 0 Å². The zero-order valence-corrected chi connectivity index (χ0v) is 7.76. The number of rotatable bonds is 5. The van der Waals surface area contributed by atoms with Crippen LogP contribution in [0, 0.1) is 0 Å². The van der Waals surface area contributed by atoms with Crippen molar-refractivity contribution in [2.24, 2.45) is 5.16 Å². The number of hydrogen-bond acceptors (Lipinski definition) is 3. The molecular weight excluding hydrogens is 142 g/mol. The van der Waals surface area contributed by atoms with E-state index >= 15 is 0 Å². The van der Waals surface area contributed by atoms with Gasteiger partial charge in [0.2, 0.25) is 0 Å². The van der Waals surface area contributed by atoms with E-state index in [-0.39, 0.29) is 6.10 Å². The van der Waals surface area contributed by atoms with E-state index in [4.69, 9.17) is 9.57 Å². The molecule has 0 amide bonds. The predicted octanol–water partition coefficient (Wildman–Crippen LogP) is 1.82. The van der Waals surface area contributed by atoms with Gasteiger partial charge < -0.3 is 9.57 Å². The Bertz CT molecular complexity index is 117. The third-order valence-corrected chi connectivity index (χ3v) is 0.873. The topological polar surface area (TPSA) is 30.8 Å². The molecule has 11 heavy (non-hydrogen) atoms. The zero-order chi connectivity index (χ0) is 8.69. The Kier molecular flexibility index (Phi) is 5.84. The van der Waals surface area contributed by atoms with Gasteiger partial charge in [0.25, 0.3) is 0 Å². The summed E-state index contributed by atoms with van der Waals surface area (Å²) in [5.41, 5.74) is 0.926. The molecule has 0 spiro atoms. The quantitative estimate of drug-likeness (QED) is 0.348. The highest BCUT2D eigenvalue weighted by Gasteiger charge is 1.91. The van der Waals surface area contributed by atoms with E-state index in [2.05, 4.69) is 5.16 Å². The van der Waals surface area contributed by atoms with Crippen LogP contribution in [0.25, 0.3) is 0 Å². The normalized spacial score (nSPS) is 9.91. The van der Waals surface area contributed by atoms with E-state index in [9.17, 15) is 0 Å². The van der Waals surface area contributed by atoms with Gasteiger partial charge in [-0.1, -0.05) is 5.16 Å². The van der Waals surface area contributed by atoms with Crippen LogP contribution >= 0.6 is 0 Å². The third kappa shape index (κ3) is 9.43. The lowest BCUT2D eigenvalue weighted by Crippen LogP contribution is -2.08. The first-order valence-corrected chi connectivity index (χ1v) is 3.87. The Hall–Kier alpha value is -0.570. The van der Waals surface area contributed by atoms with E-state index in [0.29, 0.717) is 13.2 Å². The van der Waals surface area contributed by atoms with Gasteiger partial charge in [-0.05, 0) is 27.7 Å². The summed E-state index contributed by atoms with van der Waals surface area (Å²) in [5.74, 6) is 0. The first-order chi connectivity index (χ1) is 5.13. The van der Waals surface area contributed by atoms with Crippen molar-refractivity contribution >= 4 is 5.71 Å². The van der Waals surface area contributed by atoms with Crippen molar-refractivity contribution in [1.82, 2.24) is 0 Å². The van der Waals surface area contributed by atoms with Crippen LogP contribution < -0.4 is 0 Å². The van der Waals surface area contributed by atoms with Crippen LogP contribution in [0.4, 0.5) is 0 Å². The fourth-order valence-corrected chi connectivity index (χ4v) is 0.496. The van der Waals surface area contributed by atoms with Gasteiger partial charge in [-0.15, -0.1) is 0 Å². The van der Waals surface area contributed by atoms with Crippen molar-refractivity contribution < 1.29 is 9.57 Å². The fourth-order valence-electron chi connectivity index (χ4n) is 0.496. The lowest BCUT2D eigenvalue weighted by molar-refractivity contribution is 0.0213. The van der Waals surface area contributed by atoms with Crippen LogP contribution in [-0.4, -0.2) is 25.0 Å². The molecule has 0 heterocycles. The standard InChI is InChI=1S/C8H17NO2/c1-7(2)9-11-6-5-10-8(3)4/h8H,5-6H2,1-4H3. The molecule has 0 aliphatic heterocycles. The lowest BCUT2D eigenvalue weighted by atomic mass is 10.5. The maximum Gasteiger partial charge on any atom is 0.140 e. The van der Waals surface area contributed by atoms with Gasteiger partial charge in [-0.3, -0.25) is 0 Å². The summed E-state index contributed by atoms with van der Waals surface area (Å²) >= 11 is 0. The van der Waals surface area contributed by atoms with E-state index in [0.717, 1.165) is 5.71 Å². The van der Waals surface area contributed by atoms with Gasteiger partial charge in [0.1, 0.15) is 6.61 Å². The second-order valence-electron chi connectivity index (χ2n) is 2.79. The SMILES string of the molecule is CC(C)=NOCCOC(C)C. The first kappa shape index (κ1) is 10.4. The molecule has 0 atom stereocenters. The maximum atomic E-state index is 5.23. The molecule has 0 aromatic carbocycles. The highest BCUT2D eigenvalue weighted by atomic mass is 16.6. The second-order valence-corrected chi connectivity index (χ2v) is 2.79. The van der Waals surface area contributed by atoms with Crippen molar-refractivity contribution in [1.29, 1.82) is 0 Å². The summed E-state index contributed by atoms with van der Waals surface area (Å²) in [6.07, 6.45) is 0.269. The molecule has 0 bridgehead atoms. The number of oxime groups is 1. The minimum Gasteiger partial charge on any atom is -0.393 e. The predicted molar refractivity (Wildman–Crippen MR) is 45.8 cm³/mol. The molecule has 0 radical (unpaired) electrons. The minimum atomic E-state index is 0.269.